The monoisotopic (exact) mass is 708 g/mol. The normalized spacial score (nSPS) is 11.3. The number of rotatable bonds is 9. The number of aliphatic imine (C=N–C) groups is 2. The van der Waals surface area contributed by atoms with Gasteiger partial charge in [-0.3, -0.25) is 29.5 Å². The molecule has 0 spiro atoms. The molecule has 3 aromatic heterocycles. The second kappa shape index (κ2) is 15.0. The molecule has 0 saturated carbocycles. The van der Waals surface area contributed by atoms with Gasteiger partial charge in [0.25, 0.3) is 11.8 Å². The lowest BCUT2D eigenvalue weighted by Gasteiger charge is -2.09. The highest BCUT2D eigenvalue weighted by Gasteiger charge is 2.16. The van der Waals surface area contributed by atoms with Crippen LogP contribution in [0.4, 0.5) is 22.7 Å². The summed E-state index contributed by atoms with van der Waals surface area (Å²) in [4.78, 5) is 51.2. The second-order valence-corrected chi connectivity index (χ2v) is 11.9. The fourth-order valence-corrected chi connectivity index (χ4v) is 5.49. The fraction of sp³-hybridized carbons (Fsp3) is 0. The lowest BCUT2D eigenvalue weighted by Crippen LogP contribution is -2.12. The molecule has 0 radical (unpaired) electrons. The van der Waals surface area contributed by atoms with Gasteiger partial charge in [0.1, 0.15) is 11.3 Å². The third-order valence-corrected chi connectivity index (χ3v) is 8.35. The summed E-state index contributed by atoms with van der Waals surface area (Å²) in [5.41, 5.74) is 6.41. The second-order valence-electron chi connectivity index (χ2n) is 11.1. The minimum absolute atomic E-state index is 0.281. The van der Waals surface area contributed by atoms with E-state index in [-0.39, 0.29) is 16.8 Å². The lowest BCUT2D eigenvalue weighted by molar-refractivity contribution is 0.101. The Labute approximate surface area is 302 Å². The number of fused-ring (bicyclic) bond motifs is 1. The van der Waals surface area contributed by atoms with E-state index in [1.165, 1.54) is 0 Å². The summed E-state index contributed by atoms with van der Waals surface area (Å²) < 4.78 is 0. The molecule has 0 fully saturated rings. The Morgan fingerprint density at radius 3 is 1.73 bits per heavy atom. The summed E-state index contributed by atoms with van der Waals surface area (Å²) in [6.07, 6.45) is 6.71. The SMILES string of the molecule is O=C(Nc1ccc(-c2nc3c(Cl)c(NC(=O)c4ccc(N=Cc5ccccn5)cc4)ccc3[nH]2)cc1Cl)c1ccc(N=Cc2ccccn2)cc1. The number of aromatic nitrogens is 4. The number of nitrogens with one attached hydrogen (secondary N) is 3. The number of anilines is 2. The Balaban J connectivity index is 1.00. The molecule has 0 unspecified atom stereocenters. The average molecular weight is 710 g/mol. The third kappa shape index (κ3) is 7.88. The molecular formula is C39H26Cl2N8O2. The predicted octanol–water partition coefficient (Wildman–Crippen LogP) is 9.33. The topological polar surface area (TPSA) is 137 Å². The summed E-state index contributed by atoms with van der Waals surface area (Å²) in [6, 6.07) is 33.6. The number of hydrogen-bond acceptors (Lipinski definition) is 7. The van der Waals surface area contributed by atoms with Gasteiger partial charge in [0.15, 0.2) is 0 Å². The number of benzene rings is 4. The van der Waals surface area contributed by atoms with Crippen molar-refractivity contribution in [3.8, 4) is 11.4 Å². The maximum Gasteiger partial charge on any atom is 0.255 e. The quantitative estimate of drug-likeness (QED) is 0.128. The fourth-order valence-electron chi connectivity index (χ4n) is 5.01. The molecule has 51 heavy (non-hydrogen) atoms. The van der Waals surface area contributed by atoms with Crippen LogP contribution >= 0.6 is 23.2 Å². The van der Waals surface area contributed by atoms with Crippen LogP contribution in [0.25, 0.3) is 22.4 Å². The van der Waals surface area contributed by atoms with Crippen molar-refractivity contribution in [3.63, 3.8) is 0 Å². The standard InChI is InChI=1S/C39H26Cl2N8O2/c40-31-21-26(11-16-32(31)47-38(50)24-7-12-27(13-8-24)44-22-29-5-1-3-19-42-29)37-46-34-18-17-33(35(41)36(34)49-37)48-39(51)25-9-14-28(15-10-25)45-23-30-6-2-4-20-43-30/h1-23H,(H,46,49)(H,47,50)(H,48,51). The Kier molecular flexibility index (Phi) is 9.68. The van der Waals surface area contributed by atoms with E-state index in [4.69, 9.17) is 23.2 Å². The van der Waals surface area contributed by atoms with Gasteiger partial charge in [-0.05, 0) is 103 Å². The molecule has 0 aliphatic carbocycles. The summed E-state index contributed by atoms with van der Waals surface area (Å²) in [6.45, 7) is 0. The van der Waals surface area contributed by atoms with Crippen LogP contribution in [-0.4, -0.2) is 44.2 Å². The Hall–Kier alpha value is -6.49. The number of amides is 2. The molecule has 2 amide bonds. The van der Waals surface area contributed by atoms with Gasteiger partial charge in [-0.2, -0.15) is 0 Å². The van der Waals surface area contributed by atoms with Gasteiger partial charge in [-0.15, -0.1) is 0 Å². The van der Waals surface area contributed by atoms with E-state index in [1.54, 1.807) is 104 Å². The molecule has 0 bridgehead atoms. The van der Waals surface area contributed by atoms with E-state index in [9.17, 15) is 9.59 Å². The molecule has 0 atom stereocenters. The number of imidazole rings is 1. The van der Waals surface area contributed by atoms with Gasteiger partial charge in [-0.1, -0.05) is 35.3 Å². The first-order valence-corrected chi connectivity index (χ1v) is 16.4. The zero-order valence-electron chi connectivity index (χ0n) is 26.6. The van der Waals surface area contributed by atoms with Gasteiger partial charge < -0.3 is 15.6 Å². The van der Waals surface area contributed by atoms with Crippen LogP contribution in [0.1, 0.15) is 32.1 Å². The van der Waals surface area contributed by atoms with Crippen LogP contribution in [0.2, 0.25) is 10.0 Å². The number of pyridine rings is 2. The predicted molar refractivity (Wildman–Crippen MR) is 203 cm³/mol. The highest BCUT2D eigenvalue weighted by Crippen LogP contribution is 2.34. The van der Waals surface area contributed by atoms with E-state index >= 15 is 0 Å². The van der Waals surface area contributed by atoms with Crippen molar-refractivity contribution in [1.82, 2.24) is 19.9 Å². The number of aromatic amines is 1. The molecule has 248 valence electrons. The number of nitrogens with zero attached hydrogens (tertiary/aromatic N) is 5. The van der Waals surface area contributed by atoms with Gasteiger partial charge in [0.05, 0.1) is 62.1 Å². The minimum Gasteiger partial charge on any atom is -0.338 e. The third-order valence-electron chi connectivity index (χ3n) is 7.66. The van der Waals surface area contributed by atoms with Crippen LogP contribution in [0, 0.1) is 0 Å². The van der Waals surface area contributed by atoms with Crippen molar-refractivity contribution in [1.29, 1.82) is 0 Å². The maximum atomic E-state index is 13.0. The number of H-pyrrole nitrogens is 1. The number of carbonyl (C=O) groups excluding carboxylic acids is 2. The highest BCUT2D eigenvalue weighted by atomic mass is 35.5. The van der Waals surface area contributed by atoms with E-state index in [0.717, 1.165) is 11.4 Å². The van der Waals surface area contributed by atoms with E-state index in [2.05, 4.69) is 40.6 Å². The molecule has 4 aromatic carbocycles. The number of carbonyl (C=O) groups is 2. The molecule has 3 heterocycles. The molecule has 0 saturated heterocycles. The summed E-state index contributed by atoms with van der Waals surface area (Å²) in [5, 5.41) is 6.32. The van der Waals surface area contributed by atoms with Crippen molar-refractivity contribution in [3.05, 3.63) is 160 Å². The van der Waals surface area contributed by atoms with E-state index in [1.807, 2.05) is 36.4 Å². The van der Waals surface area contributed by atoms with E-state index in [0.29, 0.717) is 61.3 Å². The first kappa shape index (κ1) is 33.0. The zero-order valence-corrected chi connectivity index (χ0v) is 28.1. The molecule has 12 heteroatoms. The molecule has 3 N–H and O–H groups in total. The van der Waals surface area contributed by atoms with E-state index < -0.39 is 0 Å². The van der Waals surface area contributed by atoms with Gasteiger partial charge in [0, 0.05) is 29.1 Å². The first-order valence-electron chi connectivity index (χ1n) is 15.6. The van der Waals surface area contributed by atoms with Crippen molar-refractivity contribution >= 4 is 81.2 Å². The Morgan fingerprint density at radius 2 is 1.20 bits per heavy atom. The summed E-state index contributed by atoms with van der Waals surface area (Å²) >= 11 is 13.3. The van der Waals surface area contributed by atoms with Crippen LogP contribution < -0.4 is 10.6 Å². The lowest BCUT2D eigenvalue weighted by atomic mass is 10.1. The van der Waals surface area contributed by atoms with Crippen LogP contribution in [0.3, 0.4) is 0 Å². The number of halogens is 2. The van der Waals surface area contributed by atoms with Gasteiger partial charge in [-0.25, -0.2) is 4.98 Å². The van der Waals surface area contributed by atoms with Crippen molar-refractivity contribution in [2.75, 3.05) is 10.6 Å². The molecule has 7 aromatic rings. The molecule has 7 rings (SSSR count). The van der Waals surface area contributed by atoms with Gasteiger partial charge in [0.2, 0.25) is 0 Å². The smallest absolute Gasteiger partial charge is 0.255 e. The Bertz CT molecular complexity index is 2410. The zero-order chi connectivity index (χ0) is 35.2. The van der Waals surface area contributed by atoms with Crippen LogP contribution in [0.15, 0.2) is 138 Å². The van der Waals surface area contributed by atoms with Crippen molar-refractivity contribution in [2.45, 2.75) is 0 Å². The van der Waals surface area contributed by atoms with Gasteiger partial charge >= 0.3 is 0 Å². The molecular weight excluding hydrogens is 683 g/mol. The maximum absolute atomic E-state index is 13.0. The number of hydrogen-bond donors (Lipinski definition) is 3. The van der Waals surface area contributed by atoms with Crippen LogP contribution in [-0.2, 0) is 0 Å². The molecule has 10 nitrogen and oxygen atoms in total. The summed E-state index contributed by atoms with van der Waals surface area (Å²) in [7, 11) is 0. The average Bonchev–Trinajstić information content (AvgIpc) is 3.62. The van der Waals surface area contributed by atoms with Crippen LogP contribution in [0.5, 0.6) is 0 Å². The largest absolute Gasteiger partial charge is 0.338 e. The van der Waals surface area contributed by atoms with Crippen molar-refractivity contribution in [2.24, 2.45) is 9.98 Å². The minimum atomic E-state index is -0.332. The molecule has 0 aliphatic heterocycles. The van der Waals surface area contributed by atoms with Crippen molar-refractivity contribution < 1.29 is 9.59 Å². The molecule has 0 aliphatic rings. The highest BCUT2D eigenvalue weighted by molar-refractivity contribution is 6.38. The Morgan fingerprint density at radius 1 is 0.647 bits per heavy atom. The summed E-state index contributed by atoms with van der Waals surface area (Å²) in [5.74, 6) is -0.138. The first-order chi connectivity index (χ1) is 24.9.